The van der Waals surface area contributed by atoms with E-state index in [1.807, 2.05) is 11.4 Å². The lowest BCUT2D eigenvalue weighted by Gasteiger charge is -2.34. The van der Waals surface area contributed by atoms with E-state index in [4.69, 9.17) is 4.74 Å². The maximum absolute atomic E-state index is 12.4. The van der Waals surface area contributed by atoms with Gasteiger partial charge in [0.2, 0.25) is 5.91 Å². The molecule has 2 aromatic heterocycles. The second-order valence-corrected chi connectivity index (χ2v) is 7.40. The van der Waals surface area contributed by atoms with E-state index in [9.17, 15) is 14.9 Å². The Hall–Kier alpha value is -2.30. The van der Waals surface area contributed by atoms with Crippen molar-refractivity contribution in [3.8, 4) is 0 Å². The van der Waals surface area contributed by atoms with Crippen LogP contribution < -0.4 is 5.32 Å². The van der Waals surface area contributed by atoms with Gasteiger partial charge in [-0.2, -0.15) is 5.10 Å². The zero-order valence-corrected chi connectivity index (χ0v) is 16.2. The lowest BCUT2D eigenvalue weighted by atomic mass is 10.2. The summed E-state index contributed by atoms with van der Waals surface area (Å²) in [6, 6.07) is 4.17. The molecule has 1 amide bonds. The third-order valence-electron chi connectivity index (χ3n) is 4.67. The summed E-state index contributed by atoms with van der Waals surface area (Å²) in [4.78, 5) is 26.6. The van der Waals surface area contributed by atoms with Crippen molar-refractivity contribution in [2.75, 3.05) is 32.8 Å². The van der Waals surface area contributed by atoms with Gasteiger partial charge in [-0.25, -0.2) is 0 Å². The fraction of sp³-hybridized carbons (Fsp3) is 0.529. The molecule has 0 saturated carbocycles. The van der Waals surface area contributed by atoms with Gasteiger partial charge in [0.1, 0.15) is 17.9 Å². The zero-order chi connectivity index (χ0) is 19.4. The second-order valence-electron chi connectivity index (χ2n) is 6.42. The predicted octanol–water partition coefficient (Wildman–Crippen LogP) is 1.66. The molecule has 0 radical (unpaired) electrons. The third-order valence-corrected chi connectivity index (χ3v) is 5.64. The smallest absolute Gasteiger partial charge is 0.312 e. The molecule has 0 spiro atoms. The van der Waals surface area contributed by atoms with Gasteiger partial charge in [0, 0.05) is 24.5 Å². The number of rotatable bonds is 7. The van der Waals surface area contributed by atoms with Crippen LogP contribution in [-0.4, -0.2) is 58.4 Å². The Morgan fingerprint density at radius 1 is 1.44 bits per heavy atom. The van der Waals surface area contributed by atoms with E-state index in [-0.39, 0.29) is 24.2 Å². The van der Waals surface area contributed by atoms with Gasteiger partial charge in [0.15, 0.2) is 0 Å². The highest BCUT2D eigenvalue weighted by Crippen LogP contribution is 2.25. The molecule has 1 saturated heterocycles. The van der Waals surface area contributed by atoms with Crippen LogP contribution in [0.4, 0.5) is 5.69 Å². The number of aryl methyl sites for hydroxylation is 1. The molecule has 2 aromatic rings. The van der Waals surface area contributed by atoms with Crippen LogP contribution >= 0.6 is 11.3 Å². The minimum atomic E-state index is -0.461. The van der Waals surface area contributed by atoms with Crippen molar-refractivity contribution in [1.29, 1.82) is 0 Å². The molecule has 1 aliphatic heterocycles. The molecule has 0 aliphatic carbocycles. The molecule has 3 heterocycles. The van der Waals surface area contributed by atoms with Crippen molar-refractivity contribution in [2.24, 2.45) is 0 Å². The predicted molar refractivity (Wildman–Crippen MR) is 101 cm³/mol. The van der Waals surface area contributed by atoms with Crippen molar-refractivity contribution in [2.45, 2.75) is 26.4 Å². The zero-order valence-electron chi connectivity index (χ0n) is 15.4. The second kappa shape index (κ2) is 8.59. The van der Waals surface area contributed by atoms with Crippen LogP contribution in [0, 0.1) is 24.0 Å². The summed E-state index contributed by atoms with van der Waals surface area (Å²) in [5.41, 5.74) is 0.665. The highest BCUT2D eigenvalue weighted by Gasteiger charge is 2.25. The standard InChI is InChI=1S/C17H23N5O4S/c1-12-17(22(24)25)13(2)21(19-12)11-16(23)18-10-14(15-4-3-9-27-15)20-5-7-26-8-6-20/h3-4,9,14H,5-8,10-11H2,1-2H3,(H,18,23)/t14-/m1/s1. The number of carbonyl (C=O) groups excluding carboxylic acids is 1. The summed E-state index contributed by atoms with van der Waals surface area (Å²) in [5, 5.41) is 20.2. The van der Waals surface area contributed by atoms with Gasteiger partial charge < -0.3 is 10.1 Å². The molecule has 0 aromatic carbocycles. The number of nitrogens with zero attached hydrogens (tertiary/aromatic N) is 4. The molecule has 10 heteroatoms. The molecule has 1 N–H and O–H groups in total. The lowest BCUT2D eigenvalue weighted by Crippen LogP contribution is -2.44. The Balaban J connectivity index is 1.64. The van der Waals surface area contributed by atoms with E-state index in [1.165, 1.54) is 9.56 Å². The normalized spacial score (nSPS) is 16.2. The number of morpholine rings is 1. The topological polar surface area (TPSA) is 103 Å². The average Bonchev–Trinajstić information content (AvgIpc) is 3.25. The Kier molecular flexibility index (Phi) is 6.19. The number of aromatic nitrogens is 2. The average molecular weight is 393 g/mol. The van der Waals surface area contributed by atoms with Gasteiger partial charge in [-0.05, 0) is 25.3 Å². The van der Waals surface area contributed by atoms with Crippen molar-refractivity contribution >= 4 is 22.9 Å². The number of ether oxygens (including phenoxy) is 1. The quantitative estimate of drug-likeness (QED) is 0.567. The fourth-order valence-electron chi connectivity index (χ4n) is 3.29. The minimum absolute atomic E-state index is 0.0346. The summed E-state index contributed by atoms with van der Waals surface area (Å²) < 4.78 is 6.81. The van der Waals surface area contributed by atoms with Gasteiger partial charge in [0.05, 0.1) is 24.2 Å². The van der Waals surface area contributed by atoms with Gasteiger partial charge in [-0.1, -0.05) is 6.07 Å². The summed E-state index contributed by atoms with van der Waals surface area (Å²) in [5.74, 6) is -0.217. The molecule has 27 heavy (non-hydrogen) atoms. The molecule has 1 fully saturated rings. The molecule has 1 atom stereocenters. The highest BCUT2D eigenvalue weighted by molar-refractivity contribution is 7.10. The first-order valence-electron chi connectivity index (χ1n) is 8.77. The number of nitro groups is 1. The Morgan fingerprint density at radius 2 is 2.19 bits per heavy atom. The molecular formula is C17H23N5O4S. The first-order valence-corrected chi connectivity index (χ1v) is 9.65. The number of hydrogen-bond acceptors (Lipinski definition) is 7. The number of hydrogen-bond donors (Lipinski definition) is 1. The van der Waals surface area contributed by atoms with Crippen LogP contribution in [-0.2, 0) is 16.1 Å². The Labute approximate surface area is 161 Å². The SMILES string of the molecule is Cc1nn(CC(=O)NC[C@H](c2cccs2)N2CCOCC2)c(C)c1[N+](=O)[O-]. The van der Waals surface area contributed by atoms with E-state index in [0.717, 1.165) is 13.1 Å². The van der Waals surface area contributed by atoms with Gasteiger partial charge in [-0.3, -0.25) is 24.5 Å². The Bertz CT molecular complexity index is 799. The molecule has 0 bridgehead atoms. The van der Waals surface area contributed by atoms with Crippen molar-refractivity contribution in [1.82, 2.24) is 20.0 Å². The largest absolute Gasteiger partial charge is 0.379 e. The van der Waals surface area contributed by atoms with Crippen LogP contribution in [0.1, 0.15) is 22.3 Å². The lowest BCUT2D eigenvalue weighted by molar-refractivity contribution is -0.386. The molecular weight excluding hydrogens is 370 g/mol. The van der Waals surface area contributed by atoms with Crippen molar-refractivity contribution in [3.05, 3.63) is 43.9 Å². The number of amides is 1. The molecule has 3 rings (SSSR count). The molecule has 146 valence electrons. The highest BCUT2D eigenvalue weighted by atomic mass is 32.1. The van der Waals surface area contributed by atoms with Gasteiger partial charge in [0.25, 0.3) is 0 Å². The summed E-state index contributed by atoms with van der Waals surface area (Å²) in [7, 11) is 0. The molecule has 1 aliphatic rings. The first-order chi connectivity index (χ1) is 13.0. The number of nitrogens with one attached hydrogen (secondary N) is 1. The summed E-state index contributed by atoms with van der Waals surface area (Å²) in [6.45, 7) is 6.63. The van der Waals surface area contributed by atoms with Crippen molar-refractivity contribution < 1.29 is 14.5 Å². The summed E-state index contributed by atoms with van der Waals surface area (Å²) in [6.07, 6.45) is 0. The van der Waals surface area contributed by atoms with E-state index >= 15 is 0 Å². The Morgan fingerprint density at radius 3 is 2.78 bits per heavy atom. The summed E-state index contributed by atoms with van der Waals surface area (Å²) >= 11 is 1.66. The van der Waals surface area contributed by atoms with E-state index < -0.39 is 4.92 Å². The maximum atomic E-state index is 12.4. The molecule has 0 unspecified atom stereocenters. The van der Waals surface area contributed by atoms with Crippen LogP contribution in [0.3, 0.4) is 0 Å². The van der Waals surface area contributed by atoms with Crippen LogP contribution in [0.5, 0.6) is 0 Å². The van der Waals surface area contributed by atoms with E-state index in [0.29, 0.717) is 31.1 Å². The molecule has 9 nitrogen and oxygen atoms in total. The van der Waals surface area contributed by atoms with E-state index in [1.54, 1.807) is 25.2 Å². The first kappa shape index (κ1) is 19.5. The van der Waals surface area contributed by atoms with Gasteiger partial charge >= 0.3 is 5.69 Å². The van der Waals surface area contributed by atoms with Crippen LogP contribution in [0.15, 0.2) is 17.5 Å². The fourth-order valence-corrected chi connectivity index (χ4v) is 4.15. The van der Waals surface area contributed by atoms with Gasteiger partial charge in [-0.15, -0.1) is 11.3 Å². The van der Waals surface area contributed by atoms with Crippen LogP contribution in [0.25, 0.3) is 0 Å². The van der Waals surface area contributed by atoms with Crippen molar-refractivity contribution in [3.63, 3.8) is 0 Å². The van der Waals surface area contributed by atoms with Crippen LogP contribution in [0.2, 0.25) is 0 Å². The monoisotopic (exact) mass is 393 g/mol. The van der Waals surface area contributed by atoms with E-state index in [2.05, 4.69) is 21.4 Å². The minimum Gasteiger partial charge on any atom is -0.379 e. The maximum Gasteiger partial charge on any atom is 0.312 e. The third kappa shape index (κ3) is 4.52. The number of thiophene rings is 1. The number of carbonyl (C=O) groups is 1.